The number of ether oxygens (including phenoxy) is 12. The third-order valence-electron chi connectivity index (χ3n) is 17.7. The number of azide groups is 2. The van der Waals surface area contributed by atoms with Crippen molar-refractivity contribution in [3.05, 3.63) is 261 Å². The molecule has 0 aliphatic carbocycles. The highest BCUT2D eigenvalue weighted by atomic mass is 16.8. The van der Waals surface area contributed by atoms with Gasteiger partial charge >= 0.3 is 6.09 Å². The molecule has 4 saturated heterocycles. The number of rotatable bonds is 28. The van der Waals surface area contributed by atoms with Gasteiger partial charge in [0.2, 0.25) is 0 Å². The fraction of sp³-hybridized carbons (Fsp3) is 0.392. The molecular formula is C74H79N7O15. The van der Waals surface area contributed by atoms with Gasteiger partial charge in [-0.05, 0) is 98.7 Å². The van der Waals surface area contributed by atoms with Gasteiger partial charge in [-0.15, -0.1) is 0 Å². The van der Waals surface area contributed by atoms with Crippen LogP contribution in [0.25, 0.3) is 42.4 Å². The van der Waals surface area contributed by atoms with Crippen molar-refractivity contribution in [1.29, 1.82) is 0 Å². The second-order valence-corrected chi connectivity index (χ2v) is 24.3. The van der Waals surface area contributed by atoms with Gasteiger partial charge in [-0.2, -0.15) is 0 Å². The highest BCUT2D eigenvalue weighted by molar-refractivity contribution is 5.83. The fourth-order valence-corrected chi connectivity index (χ4v) is 12.6. The van der Waals surface area contributed by atoms with Gasteiger partial charge in [0, 0.05) is 35.1 Å². The van der Waals surface area contributed by atoms with Crippen molar-refractivity contribution in [2.45, 2.75) is 157 Å². The Morgan fingerprint density at radius 3 is 1.74 bits per heavy atom. The van der Waals surface area contributed by atoms with Gasteiger partial charge in [0.05, 0.1) is 45.2 Å². The number of amides is 1. The topological polar surface area (TPSA) is 269 Å². The first-order valence-electron chi connectivity index (χ1n) is 32.6. The molecule has 1 amide bonds. The third kappa shape index (κ3) is 17.2. The molecule has 4 aliphatic rings. The highest BCUT2D eigenvalue weighted by Crippen LogP contribution is 2.41. The number of hydrogen-bond donors (Lipinski definition) is 2. The molecule has 22 heteroatoms. The summed E-state index contributed by atoms with van der Waals surface area (Å²) >= 11 is 0. The Kier molecular flexibility index (Phi) is 23.6. The van der Waals surface area contributed by atoms with Crippen LogP contribution in [0.1, 0.15) is 65.9 Å². The van der Waals surface area contributed by atoms with E-state index in [1.165, 1.54) is 0 Å². The van der Waals surface area contributed by atoms with Crippen molar-refractivity contribution in [3.8, 4) is 0 Å². The van der Waals surface area contributed by atoms with E-state index in [0.717, 1.165) is 49.4 Å². The summed E-state index contributed by atoms with van der Waals surface area (Å²) in [7, 11) is 0. The normalized spacial score (nSPS) is 27.2. The molecule has 8 aromatic carbocycles. The molecule has 0 spiro atoms. The maximum atomic E-state index is 13.8. The van der Waals surface area contributed by atoms with Gasteiger partial charge in [0.25, 0.3) is 0 Å². The maximum absolute atomic E-state index is 13.8. The average Bonchev–Trinajstić information content (AvgIpc) is 0.813. The molecule has 16 atom stereocenters. The zero-order chi connectivity index (χ0) is 66.0. The van der Waals surface area contributed by atoms with E-state index in [-0.39, 0.29) is 46.2 Å². The molecular weight excluding hydrogens is 1230 g/mol. The third-order valence-corrected chi connectivity index (χ3v) is 17.7. The maximum Gasteiger partial charge on any atom is 0.410 e. The van der Waals surface area contributed by atoms with Crippen molar-refractivity contribution in [2.24, 2.45) is 10.2 Å². The smallest absolute Gasteiger partial charge is 0.410 e. The lowest BCUT2D eigenvalue weighted by atomic mass is 9.93. The summed E-state index contributed by atoms with van der Waals surface area (Å²) in [5.41, 5.74) is 25.6. The van der Waals surface area contributed by atoms with Crippen LogP contribution in [0.2, 0.25) is 0 Å². The Bertz CT molecular complexity index is 3860. The van der Waals surface area contributed by atoms with E-state index in [0.29, 0.717) is 37.9 Å². The highest BCUT2D eigenvalue weighted by Gasteiger charge is 2.57. The van der Waals surface area contributed by atoms with Crippen LogP contribution in [-0.2, 0) is 89.8 Å². The monoisotopic (exact) mass is 1310 g/mol. The molecule has 96 heavy (non-hydrogen) atoms. The summed E-state index contributed by atoms with van der Waals surface area (Å²) < 4.78 is 81.3. The zero-order valence-electron chi connectivity index (χ0n) is 53.2. The number of nitrogens with zero attached hydrogens (tertiary/aromatic N) is 7. The van der Waals surface area contributed by atoms with Gasteiger partial charge in [-0.3, -0.25) is 0 Å². The van der Waals surface area contributed by atoms with Gasteiger partial charge in [-0.25, -0.2) is 4.79 Å². The Labute approximate surface area is 556 Å². The minimum absolute atomic E-state index is 0.0548. The summed E-state index contributed by atoms with van der Waals surface area (Å²) in [5, 5.41) is 34.6. The van der Waals surface area contributed by atoms with Crippen molar-refractivity contribution in [1.82, 2.24) is 4.90 Å². The van der Waals surface area contributed by atoms with Crippen LogP contribution >= 0.6 is 0 Å². The molecule has 8 aromatic rings. The quantitative estimate of drug-likeness (QED) is 0.0200. The van der Waals surface area contributed by atoms with Crippen LogP contribution in [0.3, 0.4) is 0 Å². The second-order valence-electron chi connectivity index (χ2n) is 24.3. The molecule has 500 valence electrons. The SMILES string of the molecule is C[C@@H]1O[C@@H](O[C@@H]2[C@@H](N=[N+]=[N-])[C@@H](O[C@@H]3[C@H](OCc4ccc5ccccc5c4)[C@@H](OCc4ccc5ccccc5c4)[C@@H](OCCCCCN(Cc4ccccc4)C(=O)OCc4ccccc4)O[C@@H]3COCc3ccccc3)O[C@@H]3CO[C@H](c4ccccc4)O[C@H]23)[C@@H](N=[N+]=[N-])[C@H](O)[C@@H]1O. The number of carbonyl (C=O) groups excluding carboxylic acids is 1. The predicted molar refractivity (Wildman–Crippen MR) is 354 cm³/mol. The Morgan fingerprint density at radius 1 is 0.531 bits per heavy atom. The molecule has 4 aliphatic heterocycles. The number of fused-ring (bicyclic) bond motifs is 3. The van der Waals surface area contributed by atoms with E-state index < -0.39 is 104 Å². The van der Waals surface area contributed by atoms with Crippen LogP contribution in [-0.4, -0.2) is 140 Å². The summed E-state index contributed by atoms with van der Waals surface area (Å²) in [5.74, 6) is 0. The van der Waals surface area contributed by atoms with Crippen molar-refractivity contribution < 1.29 is 71.8 Å². The summed E-state index contributed by atoms with van der Waals surface area (Å²) in [4.78, 5) is 21.8. The second kappa shape index (κ2) is 33.5. The lowest BCUT2D eigenvalue weighted by Crippen LogP contribution is -2.67. The van der Waals surface area contributed by atoms with E-state index in [4.69, 9.17) is 56.8 Å². The van der Waals surface area contributed by atoms with E-state index in [9.17, 15) is 26.1 Å². The first-order valence-corrected chi connectivity index (χ1v) is 32.6. The fourth-order valence-electron chi connectivity index (χ4n) is 12.6. The number of aliphatic hydroxyl groups is 2. The molecule has 4 fully saturated rings. The molecule has 2 N–H and O–H groups in total. The van der Waals surface area contributed by atoms with Gasteiger partial charge in [0.15, 0.2) is 25.2 Å². The predicted octanol–water partition coefficient (Wildman–Crippen LogP) is 12.9. The molecule has 0 aromatic heterocycles. The number of carbonyl (C=O) groups is 1. The van der Waals surface area contributed by atoms with E-state index in [1.54, 1.807) is 11.8 Å². The summed E-state index contributed by atoms with van der Waals surface area (Å²) in [6.07, 6.45) is -15.4. The van der Waals surface area contributed by atoms with Gasteiger partial charge in [0.1, 0.15) is 67.5 Å². The Hall–Kier alpha value is -8.35. The van der Waals surface area contributed by atoms with Crippen molar-refractivity contribution in [3.63, 3.8) is 0 Å². The minimum Gasteiger partial charge on any atom is -0.445 e. The largest absolute Gasteiger partial charge is 0.445 e. The molecule has 0 saturated carbocycles. The Morgan fingerprint density at radius 2 is 1.09 bits per heavy atom. The first kappa shape index (κ1) is 67.6. The number of unbranched alkanes of at least 4 members (excludes halogenated alkanes) is 2. The van der Waals surface area contributed by atoms with Crippen molar-refractivity contribution >= 4 is 27.6 Å². The van der Waals surface area contributed by atoms with Crippen LogP contribution in [0, 0.1) is 0 Å². The molecule has 0 unspecified atom stereocenters. The molecule has 4 heterocycles. The van der Waals surface area contributed by atoms with E-state index in [1.807, 2.05) is 194 Å². The van der Waals surface area contributed by atoms with Crippen LogP contribution in [0.15, 0.2) is 216 Å². The van der Waals surface area contributed by atoms with Gasteiger partial charge < -0.3 is 72.0 Å². The van der Waals surface area contributed by atoms with E-state index >= 15 is 0 Å². The summed E-state index contributed by atoms with van der Waals surface area (Å²) in [6, 6.07) is 63.8. The standard InChI is InChI=1S/C74H79N7O15/c1-48-63(82)64(83)61(77-79-75)71(91-48)96-67-62(78-80-76)72(92-60-47-89-70(94-65(60)67)56-29-13-5-14-30-56)95-66-59(46-85-42-50-23-9-3-10-24-50)93-73(86-38-20-6-19-37-81(41-49-21-7-2-8-22-49)74(84)90-43-51-25-11-4-12-26-51)69(88-45-53-34-36-55-28-16-18-32-58(55)40-53)68(66)87-44-52-33-35-54-27-15-17-31-57(54)39-52/h2-5,7-18,21-36,39-40,48,59-73,82-83H,6,19-20,37-38,41-47H2,1H3/t48-,59+,60+,61-,62+,63+,64-,65-,66-,67+,68-,69+,70-,71-,72+,73-/m0/s1. The summed E-state index contributed by atoms with van der Waals surface area (Å²) in [6.45, 7) is 2.87. The lowest BCUT2D eigenvalue weighted by Gasteiger charge is -2.52. The zero-order valence-corrected chi connectivity index (χ0v) is 53.2. The Balaban J connectivity index is 0.878. The molecule has 12 rings (SSSR count). The van der Waals surface area contributed by atoms with Crippen LogP contribution in [0.4, 0.5) is 4.79 Å². The van der Waals surface area contributed by atoms with Crippen molar-refractivity contribution in [2.75, 3.05) is 26.4 Å². The lowest BCUT2D eigenvalue weighted by molar-refractivity contribution is -0.388. The average molecular weight is 1310 g/mol. The molecule has 22 nitrogen and oxygen atoms in total. The van der Waals surface area contributed by atoms with Crippen LogP contribution < -0.4 is 0 Å². The first-order chi connectivity index (χ1) is 47.2. The van der Waals surface area contributed by atoms with Crippen LogP contribution in [0.5, 0.6) is 0 Å². The van der Waals surface area contributed by atoms with E-state index in [2.05, 4.69) is 32.2 Å². The molecule has 0 bridgehead atoms. The number of aliphatic hydroxyl groups excluding tert-OH is 2. The number of hydrogen-bond acceptors (Lipinski definition) is 17. The van der Waals surface area contributed by atoms with Gasteiger partial charge in [-0.1, -0.05) is 204 Å². The minimum atomic E-state index is -1.61. The number of benzene rings is 8. The molecule has 0 radical (unpaired) electrons.